The lowest BCUT2D eigenvalue weighted by atomic mass is 9.94. The average Bonchev–Trinajstić information content (AvgIpc) is 3.43. The number of likely N-dealkylation sites (tertiary alicyclic amines) is 1. The van der Waals surface area contributed by atoms with E-state index in [1.165, 1.54) is 21.2 Å². The maximum Gasteiger partial charge on any atom is 0.264 e. The van der Waals surface area contributed by atoms with E-state index in [1.54, 1.807) is 11.3 Å². The second-order valence-corrected chi connectivity index (χ2v) is 9.32. The van der Waals surface area contributed by atoms with Crippen LogP contribution in [0.2, 0.25) is 0 Å². The van der Waals surface area contributed by atoms with Crippen molar-refractivity contribution in [1.29, 1.82) is 0 Å². The maximum atomic E-state index is 13.4. The van der Waals surface area contributed by atoms with Crippen molar-refractivity contribution in [3.8, 4) is 0 Å². The van der Waals surface area contributed by atoms with Crippen LogP contribution >= 0.6 is 11.3 Å². The number of hydrogen-bond acceptors (Lipinski definition) is 4. The van der Waals surface area contributed by atoms with Crippen LogP contribution in [-0.4, -0.2) is 61.6 Å². The number of carbonyl (C=O) groups excluding carboxylic acids is 1. The van der Waals surface area contributed by atoms with E-state index in [0.29, 0.717) is 32.2 Å². The van der Waals surface area contributed by atoms with Crippen LogP contribution in [0, 0.1) is 0 Å². The molecule has 0 spiro atoms. The predicted octanol–water partition coefficient (Wildman–Crippen LogP) is 4.41. The van der Waals surface area contributed by atoms with Gasteiger partial charge in [-0.2, -0.15) is 0 Å². The van der Waals surface area contributed by atoms with E-state index < -0.39 is 0 Å². The lowest BCUT2D eigenvalue weighted by molar-refractivity contribution is 0.0305. The maximum absolute atomic E-state index is 13.4. The number of fused-ring (bicyclic) bond motifs is 1. The normalized spacial score (nSPS) is 20.1. The molecule has 2 aliphatic rings. The Labute approximate surface area is 182 Å². The highest BCUT2D eigenvalue weighted by atomic mass is 32.1. The molecule has 2 saturated heterocycles. The van der Waals surface area contributed by atoms with E-state index in [0.717, 1.165) is 37.4 Å². The van der Waals surface area contributed by atoms with E-state index in [2.05, 4.69) is 59.5 Å². The third kappa shape index (κ3) is 4.02. The third-order valence-corrected chi connectivity index (χ3v) is 7.54. The first-order valence-corrected chi connectivity index (χ1v) is 11.8. The summed E-state index contributed by atoms with van der Waals surface area (Å²) < 4.78 is 6.68. The molecule has 0 saturated carbocycles. The van der Waals surface area contributed by atoms with Crippen molar-refractivity contribution in [1.82, 2.24) is 9.80 Å². The lowest BCUT2D eigenvalue weighted by Gasteiger charge is -2.27. The summed E-state index contributed by atoms with van der Waals surface area (Å²) in [6.07, 6.45) is 2.20. The van der Waals surface area contributed by atoms with Gasteiger partial charge >= 0.3 is 0 Å². The minimum atomic E-state index is 0.192. The summed E-state index contributed by atoms with van der Waals surface area (Å²) in [4.78, 5) is 18.9. The Morgan fingerprint density at radius 3 is 2.60 bits per heavy atom. The second kappa shape index (κ2) is 8.88. The molecule has 0 radical (unpaired) electrons. The summed E-state index contributed by atoms with van der Waals surface area (Å²) in [7, 11) is 0. The first kappa shape index (κ1) is 19.7. The van der Waals surface area contributed by atoms with Gasteiger partial charge in [-0.15, -0.1) is 11.3 Å². The zero-order valence-electron chi connectivity index (χ0n) is 17.3. The molecule has 5 heteroatoms. The molecule has 1 amide bonds. The highest BCUT2D eigenvalue weighted by Gasteiger charge is 2.32. The molecule has 0 unspecified atom stereocenters. The standard InChI is InChI=1S/C25H28N2O2S/c28-25(27-14-16-29-17-15-27)24-23(21-8-4-5-9-22(21)30-24)20-11-13-26(18-20)12-10-19-6-2-1-3-7-19/h1-9,20H,10-18H2/t20-/m0/s1. The van der Waals surface area contributed by atoms with Gasteiger partial charge in [0.1, 0.15) is 0 Å². The summed E-state index contributed by atoms with van der Waals surface area (Å²) >= 11 is 1.67. The number of benzene rings is 2. The van der Waals surface area contributed by atoms with Gasteiger partial charge in [0.25, 0.3) is 5.91 Å². The molecule has 1 aromatic heterocycles. The van der Waals surface area contributed by atoms with Crippen LogP contribution in [0.15, 0.2) is 54.6 Å². The number of thiophene rings is 1. The minimum absolute atomic E-state index is 0.192. The quantitative estimate of drug-likeness (QED) is 0.613. The Balaban J connectivity index is 1.37. The van der Waals surface area contributed by atoms with Crippen LogP contribution in [0.25, 0.3) is 10.1 Å². The lowest BCUT2D eigenvalue weighted by Crippen LogP contribution is -2.40. The zero-order valence-corrected chi connectivity index (χ0v) is 18.1. The average molecular weight is 421 g/mol. The molecule has 0 bridgehead atoms. The first-order chi connectivity index (χ1) is 14.8. The second-order valence-electron chi connectivity index (χ2n) is 8.27. The van der Waals surface area contributed by atoms with Crippen molar-refractivity contribution in [2.45, 2.75) is 18.8 Å². The first-order valence-electron chi connectivity index (χ1n) is 10.9. The fraction of sp³-hybridized carbons (Fsp3) is 0.400. The molecule has 0 N–H and O–H groups in total. The minimum Gasteiger partial charge on any atom is -0.378 e. The van der Waals surface area contributed by atoms with Gasteiger partial charge in [-0.3, -0.25) is 4.79 Å². The number of carbonyl (C=O) groups is 1. The van der Waals surface area contributed by atoms with Crippen LogP contribution in [-0.2, 0) is 11.2 Å². The van der Waals surface area contributed by atoms with E-state index in [-0.39, 0.29) is 5.91 Å². The van der Waals surface area contributed by atoms with Crippen LogP contribution in [0.1, 0.15) is 33.1 Å². The van der Waals surface area contributed by atoms with E-state index in [9.17, 15) is 4.79 Å². The monoisotopic (exact) mass is 420 g/mol. The molecule has 156 valence electrons. The van der Waals surface area contributed by atoms with Crippen molar-refractivity contribution in [3.63, 3.8) is 0 Å². The molecule has 1 atom stereocenters. The molecule has 2 aliphatic heterocycles. The fourth-order valence-electron chi connectivity index (χ4n) is 4.74. The Bertz CT molecular complexity index is 1010. The summed E-state index contributed by atoms with van der Waals surface area (Å²) in [6, 6.07) is 19.2. The molecule has 5 rings (SSSR count). The smallest absolute Gasteiger partial charge is 0.264 e. The highest BCUT2D eigenvalue weighted by Crippen LogP contribution is 2.40. The van der Waals surface area contributed by atoms with Crippen LogP contribution in [0.4, 0.5) is 0 Å². The number of nitrogens with zero attached hydrogens (tertiary/aromatic N) is 2. The largest absolute Gasteiger partial charge is 0.378 e. The molecule has 2 aromatic carbocycles. The predicted molar refractivity (Wildman–Crippen MR) is 122 cm³/mol. The van der Waals surface area contributed by atoms with Crippen molar-refractivity contribution in [2.24, 2.45) is 0 Å². The Morgan fingerprint density at radius 1 is 1.00 bits per heavy atom. The van der Waals surface area contributed by atoms with Crippen LogP contribution in [0.3, 0.4) is 0 Å². The van der Waals surface area contributed by atoms with Gasteiger partial charge in [0.2, 0.25) is 0 Å². The Kier molecular flexibility index (Phi) is 5.84. The zero-order chi connectivity index (χ0) is 20.3. The van der Waals surface area contributed by atoms with E-state index >= 15 is 0 Å². The molecular formula is C25H28N2O2S. The van der Waals surface area contributed by atoms with Gasteiger partial charge in [0.05, 0.1) is 18.1 Å². The summed E-state index contributed by atoms with van der Waals surface area (Å²) in [5.74, 6) is 0.620. The number of rotatable bonds is 5. The van der Waals surface area contributed by atoms with E-state index in [4.69, 9.17) is 4.74 Å². The summed E-state index contributed by atoms with van der Waals surface area (Å²) in [5.41, 5.74) is 2.68. The Morgan fingerprint density at radius 2 is 1.77 bits per heavy atom. The third-order valence-electron chi connectivity index (χ3n) is 6.37. The molecule has 2 fully saturated rings. The molecule has 3 aromatic rings. The van der Waals surface area contributed by atoms with Gasteiger partial charge in [0, 0.05) is 36.8 Å². The highest BCUT2D eigenvalue weighted by molar-refractivity contribution is 7.21. The van der Waals surface area contributed by atoms with Gasteiger partial charge in [0.15, 0.2) is 0 Å². The van der Waals surface area contributed by atoms with Gasteiger partial charge < -0.3 is 14.5 Å². The molecule has 0 aliphatic carbocycles. The van der Waals surface area contributed by atoms with Gasteiger partial charge in [-0.1, -0.05) is 48.5 Å². The van der Waals surface area contributed by atoms with Crippen LogP contribution in [0.5, 0.6) is 0 Å². The van der Waals surface area contributed by atoms with Crippen molar-refractivity contribution >= 4 is 27.3 Å². The number of ether oxygens (including phenoxy) is 1. The SMILES string of the molecule is O=C(c1sc2ccccc2c1[C@H]1CCN(CCc2ccccc2)C1)N1CCOCC1. The topological polar surface area (TPSA) is 32.8 Å². The van der Waals surface area contributed by atoms with Crippen LogP contribution < -0.4 is 0 Å². The van der Waals surface area contributed by atoms with Crippen molar-refractivity contribution < 1.29 is 9.53 Å². The molecule has 3 heterocycles. The van der Waals surface area contributed by atoms with Gasteiger partial charge in [-0.25, -0.2) is 0 Å². The molecular weight excluding hydrogens is 392 g/mol. The Hall–Kier alpha value is -2.21. The van der Waals surface area contributed by atoms with Crippen molar-refractivity contribution in [2.75, 3.05) is 45.9 Å². The number of morpholine rings is 1. The van der Waals surface area contributed by atoms with Crippen molar-refractivity contribution in [3.05, 3.63) is 70.6 Å². The summed E-state index contributed by atoms with van der Waals surface area (Å²) in [6.45, 7) is 5.89. The van der Waals surface area contributed by atoms with E-state index in [1.807, 2.05) is 4.90 Å². The number of amides is 1. The number of hydrogen-bond donors (Lipinski definition) is 0. The van der Waals surface area contributed by atoms with Gasteiger partial charge in [-0.05, 0) is 42.0 Å². The fourth-order valence-corrected chi connectivity index (χ4v) is 6.00. The molecule has 4 nitrogen and oxygen atoms in total. The summed E-state index contributed by atoms with van der Waals surface area (Å²) in [5, 5.41) is 1.27. The molecule has 30 heavy (non-hydrogen) atoms.